The standard InChI is InChI=1S/C16H20N6O2/c23-15(14-18-12-19-20-14)22-7-8-24-16(11-22)4-2-6-21(10-16)13-3-1-5-17-9-13/h1,3,5,9,12H,2,4,6-8,10-11H2,(H,18,19,20). The number of aromatic nitrogens is 4. The van der Waals surface area contributed by atoms with E-state index in [1.807, 2.05) is 17.2 Å². The molecule has 4 heterocycles. The van der Waals surface area contributed by atoms with E-state index in [0.717, 1.165) is 31.6 Å². The summed E-state index contributed by atoms with van der Waals surface area (Å²) >= 11 is 0. The van der Waals surface area contributed by atoms with Crippen LogP contribution in [0.1, 0.15) is 23.5 Å². The molecule has 2 aliphatic heterocycles. The summed E-state index contributed by atoms with van der Waals surface area (Å²) < 4.78 is 6.15. The molecule has 1 amide bonds. The first-order chi connectivity index (χ1) is 11.8. The van der Waals surface area contributed by atoms with Gasteiger partial charge in [-0.3, -0.25) is 14.9 Å². The van der Waals surface area contributed by atoms with Crippen LogP contribution in [0, 0.1) is 0 Å². The van der Waals surface area contributed by atoms with Gasteiger partial charge in [-0.2, -0.15) is 5.10 Å². The van der Waals surface area contributed by atoms with Crippen molar-refractivity contribution in [3.8, 4) is 0 Å². The summed E-state index contributed by atoms with van der Waals surface area (Å²) in [6.45, 7) is 3.43. The number of hydrogen-bond acceptors (Lipinski definition) is 6. The summed E-state index contributed by atoms with van der Waals surface area (Å²) in [7, 11) is 0. The monoisotopic (exact) mass is 328 g/mol. The van der Waals surface area contributed by atoms with Crippen LogP contribution in [0.15, 0.2) is 30.9 Å². The number of rotatable bonds is 2. The fourth-order valence-electron chi connectivity index (χ4n) is 3.58. The van der Waals surface area contributed by atoms with Crippen molar-refractivity contribution in [2.24, 2.45) is 0 Å². The van der Waals surface area contributed by atoms with Crippen LogP contribution in [0.5, 0.6) is 0 Å². The number of hydrogen-bond donors (Lipinski definition) is 1. The number of pyridine rings is 1. The van der Waals surface area contributed by atoms with Crippen molar-refractivity contribution < 1.29 is 9.53 Å². The minimum atomic E-state index is -0.331. The highest BCUT2D eigenvalue weighted by Crippen LogP contribution is 2.31. The third-order valence-corrected chi connectivity index (χ3v) is 4.70. The number of H-pyrrole nitrogens is 1. The predicted molar refractivity (Wildman–Crippen MR) is 86.7 cm³/mol. The maximum absolute atomic E-state index is 12.6. The van der Waals surface area contributed by atoms with Crippen molar-refractivity contribution in [3.05, 3.63) is 36.7 Å². The van der Waals surface area contributed by atoms with Crippen molar-refractivity contribution in [2.45, 2.75) is 18.4 Å². The van der Waals surface area contributed by atoms with Crippen LogP contribution in [-0.2, 0) is 4.74 Å². The first-order valence-corrected chi connectivity index (χ1v) is 8.19. The second-order valence-electron chi connectivity index (χ2n) is 6.33. The number of aromatic amines is 1. The van der Waals surface area contributed by atoms with Crippen LogP contribution in [-0.4, -0.2) is 69.4 Å². The average molecular weight is 328 g/mol. The van der Waals surface area contributed by atoms with E-state index in [-0.39, 0.29) is 17.3 Å². The number of morpholine rings is 1. The Morgan fingerprint density at radius 2 is 2.29 bits per heavy atom. The maximum atomic E-state index is 12.6. The first kappa shape index (κ1) is 15.1. The zero-order valence-electron chi connectivity index (χ0n) is 13.4. The number of nitrogens with one attached hydrogen (secondary N) is 1. The first-order valence-electron chi connectivity index (χ1n) is 8.19. The summed E-state index contributed by atoms with van der Waals surface area (Å²) in [5.74, 6) is 0.167. The van der Waals surface area contributed by atoms with E-state index in [4.69, 9.17) is 4.74 Å². The third kappa shape index (κ3) is 2.84. The lowest BCUT2D eigenvalue weighted by molar-refractivity contribution is -0.105. The van der Waals surface area contributed by atoms with Gasteiger partial charge in [0.05, 0.1) is 25.0 Å². The zero-order chi connectivity index (χ0) is 16.4. The average Bonchev–Trinajstić information content (AvgIpc) is 3.17. The number of piperidine rings is 1. The van der Waals surface area contributed by atoms with Gasteiger partial charge >= 0.3 is 0 Å². The number of amides is 1. The van der Waals surface area contributed by atoms with Gasteiger partial charge in [0.25, 0.3) is 5.91 Å². The molecule has 2 aromatic heterocycles. The summed E-state index contributed by atoms with van der Waals surface area (Å²) in [4.78, 5) is 24.8. The van der Waals surface area contributed by atoms with Gasteiger partial charge in [0.2, 0.25) is 5.82 Å². The van der Waals surface area contributed by atoms with Crippen LogP contribution < -0.4 is 4.90 Å². The Bertz CT molecular complexity index is 688. The summed E-state index contributed by atoms with van der Waals surface area (Å²) in [6, 6.07) is 4.00. The topological polar surface area (TPSA) is 87.2 Å². The molecule has 1 atom stereocenters. The van der Waals surface area contributed by atoms with E-state index in [0.29, 0.717) is 19.7 Å². The van der Waals surface area contributed by atoms with Crippen molar-refractivity contribution >= 4 is 11.6 Å². The predicted octanol–water partition coefficient (Wildman–Crippen LogP) is 0.711. The number of anilines is 1. The maximum Gasteiger partial charge on any atom is 0.291 e. The fourth-order valence-corrected chi connectivity index (χ4v) is 3.58. The van der Waals surface area contributed by atoms with Gasteiger partial charge in [-0.05, 0) is 25.0 Å². The number of carbonyl (C=O) groups excluding carboxylic acids is 1. The molecule has 24 heavy (non-hydrogen) atoms. The van der Waals surface area contributed by atoms with Crippen LogP contribution in [0.25, 0.3) is 0 Å². The molecule has 2 fully saturated rings. The molecule has 1 spiro atoms. The van der Waals surface area contributed by atoms with Gasteiger partial charge < -0.3 is 14.5 Å². The third-order valence-electron chi connectivity index (χ3n) is 4.70. The molecule has 126 valence electrons. The lowest BCUT2D eigenvalue weighted by atomic mass is 9.90. The Morgan fingerprint density at radius 1 is 1.33 bits per heavy atom. The Kier molecular flexibility index (Phi) is 3.89. The van der Waals surface area contributed by atoms with Crippen molar-refractivity contribution in [3.63, 3.8) is 0 Å². The van der Waals surface area contributed by atoms with E-state index in [2.05, 4.69) is 31.1 Å². The highest BCUT2D eigenvalue weighted by atomic mass is 16.5. The van der Waals surface area contributed by atoms with E-state index in [1.165, 1.54) is 6.33 Å². The minimum absolute atomic E-state index is 0.117. The molecule has 2 saturated heterocycles. The molecular weight excluding hydrogens is 308 g/mol. The largest absolute Gasteiger partial charge is 0.369 e. The Labute approximate surface area is 139 Å². The molecule has 2 aliphatic rings. The van der Waals surface area contributed by atoms with Crippen LogP contribution >= 0.6 is 0 Å². The summed E-state index contributed by atoms with van der Waals surface area (Å²) in [5.41, 5.74) is 0.765. The van der Waals surface area contributed by atoms with Crippen molar-refractivity contribution in [2.75, 3.05) is 37.7 Å². The molecule has 8 heteroatoms. The normalized spacial score (nSPS) is 24.3. The highest BCUT2D eigenvalue weighted by molar-refractivity contribution is 5.90. The van der Waals surface area contributed by atoms with Crippen molar-refractivity contribution in [1.29, 1.82) is 0 Å². The van der Waals surface area contributed by atoms with E-state index in [1.54, 1.807) is 6.20 Å². The van der Waals surface area contributed by atoms with Crippen molar-refractivity contribution in [1.82, 2.24) is 25.1 Å². The van der Waals surface area contributed by atoms with Gasteiger partial charge in [0.15, 0.2) is 0 Å². The Morgan fingerprint density at radius 3 is 3.08 bits per heavy atom. The molecule has 0 aliphatic carbocycles. The molecule has 0 bridgehead atoms. The van der Waals surface area contributed by atoms with E-state index < -0.39 is 0 Å². The highest BCUT2D eigenvalue weighted by Gasteiger charge is 2.42. The number of ether oxygens (including phenoxy) is 1. The molecule has 0 radical (unpaired) electrons. The fraction of sp³-hybridized carbons (Fsp3) is 0.500. The second-order valence-corrected chi connectivity index (χ2v) is 6.33. The summed E-state index contributed by atoms with van der Waals surface area (Å²) in [6.07, 6.45) is 6.98. The lowest BCUT2D eigenvalue weighted by Gasteiger charge is -2.48. The Balaban J connectivity index is 1.50. The van der Waals surface area contributed by atoms with E-state index >= 15 is 0 Å². The molecule has 0 saturated carbocycles. The van der Waals surface area contributed by atoms with E-state index in [9.17, 15) is 4.79 Å². The van der Waals surface area contributed by atoms with Gasteiger partial charge in [-0.15, -0.1) is 0 Å². The molecule has 0 aromatic carbocycles. The molecule has 1 unspecified atom stereocenters. The van der Waals surface area contributed by atoms with Crippen LogP contribution in [0.3, 0.4) is 0 Å². The van der Waals surface area contributed by atoms with Gasteiger partial charge in [-0.1, -0.05) is 0 Å². The summed E-state index contributed by atoms with van der Waals surface area (Å²) in [5, 5.41) is 6.41. The number of nitrogens with zero attached hydrogens (tertiary/aromatic N) is 5. The number of carbonyl (C=O) groups is 1. The molecule has 2 aromatic rings. The van der Waals surface area contributed by atoms with Gasteiger partial charge in [-0.25, -0.2) is 4.98 Å². The molecule has 4 rings (SSSR count). The Hall–Kier alpha value is -2.48. The quantitative estimate of drug-likeness (QED) is 0.874. The zero-order valence-corrected chi connectivity index (χ0v) is 13.4. The van der Waals surface area contributed by atoms with Gasteiger partial charge in [0, 0.05) is 25.8 Å². The lowest BCUT2D eigenvalue weighted by Crippen LogP contribution is -2.61. The van der Waals surface area contributed by atoms with Crippen LogP contribution in [0.4, 0.5) is 5.69 Å². The van der Waals surface area contributed by atoms with Crippen LogP contribution in [0.2, 0.25) is 0 Å². The molecular formula is C16H20N6O2. The van der Waals surface area contributed by atoms with Gasteiger partial charge in [0.1, 0.15) is 11.9 Å². The molecule has 8 nitrogen and oxygen atoms in total. The minimum Gasteiger partial charge on any atom is -0.369 e. The second kappa shape index (κ2) is 6.20. The smallest absolute Gasteiger partial charge is 0.291 e. The SMILES string of the molecule is O=C(c1ncn[nH]1)N1CCOC2(CCCN(c3cccnc3)C2)C1. The molecule has 1 N–H and O–H groups in total.